The fourth-order valence-electron chi connectivity index (χ4n) is 1.68. The zero-order valence-corrected chi connectivity index (χ0v) is 11.1. The Labute approximate surface area is 103 Å². The van der Waals surface area contributed by atoms with Crippen LogP contribution in [-0.2, 0) is 0 Å². The lowest BCUT2D eigenvalue weighted by atomic mass is 10.0. The highest BCUT2D eigenvalue weighted by Crippen LogP contribution is 2.22. The molecule has 3 heteroatoms. The Hall–Kier alpha value is -1.51. The second kappa shape index (κ2) is 6.28. The molecule has 1 N–H and O–H groups in total. The van der Waals surface area contributed by atoms with E-state index < -0.39 is 0 Å². The largest absolute Gasteiger partial charge is 0.494 e. The van der Waals surface area contributed by atoms with Crippen molar-refractivity contribution in [3.63, 3.8) is 0 Å². The number of carbonyl (C=O) groups excluding carboxylic acids is 1. The molecule has 0 atom stereocenters. The van der Waals surface area contributed by atoms with Crippen LogP contribution in [0.3, 0.4) is 0 Å². The second-order valence-corrected chi connectivity index (χ2v) is 4.12. The van der Waals surface area contributed by atoms with E-state index in [1.54, 1.807) is 0 Å². The summed E-state index contributed by atoms with van der Waals surface area (Å²) in [6, 6.07) is 3.82. The van der Waals surface area contributed by atoms with Crippen molar-refractivity contribution in [1.29, 1.82) is 0 Å². The molecule has 1 aromatic carbocycles. The normalized spacial score (nSPS) is 10.1. The fourth-order valence-corrected chi connectivity index (χ4v) is 1.68. The van der Waals surface area contributed by atoms with E-state index in [2.05, 4.69) is 5.32 Å². The first-order valence-corrected chi connectivity index (χ1v) is 6.12. The smallest absolute Gasteiger partial charge is 0.251 e. The quantitative estimate of drug-likeness (QED) is 0.852. The van der Waals surface area contributed by atoms with E-state index in [4.69, 9.17) is 4.74 Å². The summed E-state index contributed by atoms with van der Waals surface area (Å²) < 4.78 is 5.50. The number of amides is 1. The van der Waals surface area contributed by atoms with Gasteiger partial charge in [0, 0.05) is 12.1 Å². The number of carbonyl (C=O) groups is 1. The molecule has 17 heavy (non-hydrogen) atoms. The summed E-state index contributed by atoms with van der Waals surface area (Å²) in [6.45, 7) is 9.24. The fraction of sp³-hybridized carbons (Fsp3) is 0.500. The molecule has 1 aromatic rings. The molecule has 94 valence electrons. The van der Waals surface area contributed by atoms with Gasteiger partial charge < -0.3 is 10.1 Å². The van der Waals surface area contributed by atoms with Gasteiger partial charge in [0.2, 0.25) is 0 Å². The molecule has 1 amide bonds. The van der Waals surface area contributed by atoms with Crippen LogP contribution >= 0.6 is 0 Å². The predicted octanol–water partition coefficient (Wildman–Crippen LogP) is 2.84. The lowest BCUT2D eigenvalue weighted by Gasteiger charge is -2.12. The Kier molecular flexibility index (Phi) is 5.01. The molecule has 0 heterocycles. The topological polar surface area (TPSA) is 38.3 Å². The average Bonchev–Trinajstić information content (AvgIpc) is 2.30. The van der Waals surface area contributed by atoms with Crippen LogP contribution in [0, 0.1) is 13.8 Å². The van der Waals surface area contributed by atoms with E-state index >= 15 is 0 Å². The summed E-state index contributed by atoms with van der Waals surface area (Å²) in [6.07, 6.45) is 0.945. The zero-order chi connectivity index (χ0) is 12.8. The molecule has 0 aliphatic heterocycles. The van der Waals surface area contributed by atoms with E-state index in [0.717, 1.165) is 28.9 Å². The summed E-state index contributed by atoms with van der Waals surface area (Å²) in [5.74, 6) is 0.854. The summed E-state index contributed by atoms with van der Waals surface area (Å²) >= 11 is 0. The maximum Gasteiger partial charge on any atom is 0.251 e. The molecule has 0 aromatic heterocycles. The molecule has 0 aliphatic carbocycles. The van der Waals surface area contributed by atoms with Crippen LogP contribution in [0.2, 0.25) is 0 Å². The van der Waals surface area contributed by atoms with Crippen LogP contribution in [0.4, 0.5) is 0 Å². The van der Waals surface area contributed by atoms with Crippen molar-refractivity contribution in [3.05, 3.63) is 28.8 Å². The van der Waals surface area contributed by atoms with Gasteiger partial charge in [-0.25, -0.2) is 0 Å². The van der Waals surface area contributed by atoms with E-state index in [9.17, 15) is 4.79 Å². The van der Waals surface area contributed by atoms with Crippen molar-refractivity contribution in [2.75, 3.05) is 13.2 Å². The minimum atomic E-state index is -0.00417. The van der Waals surface area contributed by atoms with Crippen molar-refractivity contribution in [3.8, 4) is 5.75 Å². The first-order chi connectivity index (χ1) is 8.10. The van der Waals surface area contributed by atoms with Gasteiger partial charge in [0.25, 0.3) is 5.91 Å². The second-order valence-electron chi connectivity index (χ2n) is 4.12. The van der Waals surface area contributed by atoms with Gasteiger partial charge >= 0.3 is 0 Å². The van der Waals surface area contributed by atoms with Gasteiger partial charge in [0.15, 0.2) is 0 Å². The van der Waals surface area contributed by atoms with Crippen molar-refractivity contribution in [2.24, 2.45) is 0 Å². The summed E-state index contributed by atoms with van der Waals surface area (Å²) in [4.78, 5) is 11.9. The average molecular weight is 235 g/mol. The molecular weight excluding hydrogens is 214 g/mol. The SMILES string of the molecule is CCCNC(=O)c1cc(C)c(OCC)cc1C. The third-order valence-electron chi connectivity index (χ3n) is 2.60. The molecule has 0 bridgehead atoms. The Balaban J connectivity index is 2.94. The van der Waals surface area contributed by atoms with Crippen molar-refractivity contribution in [2.45, 2.75) is 34.1 Å². The van der Waals surface area contributed by atoms with Crippen LogP contribution in [-0.4, -0.2) is 19.1 Å². The van der Waals surface area contributed by atoms with E-state index in [-0.39, 0.29) is 5.91 Å². The Morgan fingerprint density at radius 3 is 2.53 bits per heavy atom. The van der Waals surface area contributed by atoms with Crippen LogP contribution in [0.25, 0.3) is 0 Å². The molecule has 0 unspecified atom stereocenters. The van der Waals surface area contributed by atoms with Gasteiger partial charge in [-0.2, -0.15) is 0 Å². The maximum absolute atomic E-state index is 11.9. The monoisotopic (exact) mass is 235 g/mol. The molecule has 0 fully saturated rings. The number of aryl methyl sites for hydroxylation is 2. The van der Waals surface area contributed by atoms with E-state index in [1.807, 2.05) is 39.8 Å². The number of ether oxygens (including phenoxy) is 1. The Morgan fingerprint density at radius 2 is 1.94 bits per heavy atom. The first kappa shape index (κ1) is 13.6. The number of nitrogens with one attached hydrogen (secondary N) is 1. The Morgan fingerprint density at radius 1 is 1.24 bits per heavy atom. The lowest BCUT2D eigenvalue weighted by molar-refractivity contribution is 0.0953. The van der Waals surface area contributed by atoms with Gasteiger partial charge in [-0.1, -0.05) is 6.92 Å². The third kappa shape index (κ3) is 3.48. The van der Waals surface area contributed by atoms with Crippen LogP contribution in [0.15, 0.2) is 12.1 Å². The minimum absolute atomic E-state index is 0.00417. The van der Waals surface area contributed by atoms with Crippen molar-refractivity contribution < 1.29 is 9.53 Å². The predicted molar refractivity (Wildman–Crippen MR) is 69.7 cm³/mol. The molecule has 0 aliphatic rings. The summed E-state index contributed by atoms with van der Waals surface area (Å²) in [7, 11) is 0. The number of hydrogen-bond donors (Lipinski definition) is 1. The van der Waals surface area contributed by atoms with Crippen molar-refractivity contribution >= 4 is 5.91 Å². The molecule has 1 rings (SSSR count). The number of rotatable bonds is 5. The summed E-state index contributed by atoms with van der Waals surface area (Å²) in [5, 5.41) is 2.89. The maximum atomic E-state index is 11.9. The molecular formula is C14H21NO2. The number of benzene rings is 1. The van der Waals surface area contributed by atoms with Crippen molar-refractivity contribution in [1.82, 2.24) is 5.32 Å². The molecule has 0 radical (unpaired) electrons. The van der Waals surface area contributed by atoms with Crippen LogP contribution in [0.1, 0.15) is 41.8 Å². The van der Waals surface area contributed by atoms with Gasteiger partial charge in [-0.05, 0) is 50.5 Å². The Bertz CT molecular complexity index is 399. The van der Waals surface area contributed by atoms with Crippen LogP contribution in [0.5, 0.6) is 5.75 Å². The first-order valence-electron chi connectivity index (χ1n) is 6.12. The third-order valence-corrected chi connectivity index (χ3v) is 2.60. The van der Waals surface area contributed by atoms with Gasteiger partial charge in [0.05, 0.1) is 6.61 Å². The molecule has 0 spiro atoms. The van der Waals surface area contributed by atoms with Gasteiger partial charge in [-0.3, -0.25) is 4.79 Å². The van der Waals surface area contributed by atoms with Gasteiger partial charge in [-0.15, -0.1) is 0 Å². The molecule has 3 nitrogen and oxygen atoms in total. The minimum Gasteiger partial charge on any atom is -0.494 e. The summed E-state index contributed by atoms with van der Waals surface area (Å²) in [5.41, 5.74) is 2.69. The van der Waals surface area contributed by atoms with Gasteiger partial charge in [0.1, 0.15) is 5.75 Å². The number of hydrogen-bond acceptors (Lipinski definition) is 2. The van der Waals surface area contributed by atoms with E-state index in [0.29, 0.717) is 13.2 Å². The zero-order valence-electron chi connectivity index (χ0n) is 11.1. The lowest BCUT2D eigenvalue weighted by Crippen LogP contribution is -2.24. The van der Waals surface area contributed by atoms with Crippen LogP contribution < -0.4 is 10.1 Å². The molecule has 0 saturated heterocycles. The highest BCUT2D eigenvalue weighted by molar-refractivity contribution is 5.96. The standard InChI is InChI=1S/C14H21NO2/c1-5-7-15-14(16)12-8-11(4)13(17-6-2)9-10(12)3/h8-9H,5-7H2,1-4H3,(H,15,16). The highest BCUT2D eigenvalue weighted by Gasteiger charge is 2.11. The highest BCUT2D eigenvalue weighted by atomic mass is 16.5. The molecule has 0 saturated carbocycles. The van der Waals surface area contributed by atoms with E-state index in [1.165, 1.54) is 0 Å².